The summed E-state index contributed by atoms with van der Waals surface area (Å²) in [4.78, 5) is 18.8. The monoisotopic (exact) mass is 301 g/mol. The largest absolute Gasteiger partial charge is 0.308 e. The fourth-order valence-corrected chi connectivity index (χ4v) is 2.64. The molecule has 0 fully saturated rings. The topological polar surface area (TPSA) is 38.1 Å². The Labute approximate surface area is 127 Å². The molecule has 2 aromatic heterocycles. The molecule has 4 nitrogen and oxygen atoms in total. The summed E-state index contributed by atoms with van der Waals surface area (Å²) in [6.45, 7) is 1.43. The average Bonchev–Trinajstić information content (AvgIpc) is 2.45. The number of aromatic nitrogens is 2. The summed E-state index contributed by atoms with van der Waals surface area (Å²) in [7, 11) is 3.99. The molecule has 0 bridgehead atoms. The first kappa shape index (κ1) is 14.0. The van der Waals surface area contributed by atoms with E-state index in [4.69, 9.17) is 11.6 Å². The number of rotatable bonds is 3. The van der Waals surface area contributed by atoms with E-state index in [9.17, 15) is 4.79 Å². The Hall–Kier alpha value is -1.91. The molecule has 0 aliphatic rings. The molecule has 21 heavy (non-hydrogen) atoms. The second-order valence-corrected chi connectivity index (χ2v) is 5.79. The summed E-state index contributed by atoms with van der Waals surface area (Å²) in [5, 5.41) is 2.51. The highest BCUT2D eigenvalue weighted by Crippen LogP contribution is 2.25. The van der Waals surface area contributed by atoms with Gasteiger partial charge in [0.2, 0.25) is 0 Å². The van der Waals surface area contributed by atoms with Gasteiger partial charge in [-0.3, -0.25) is 9.78 Å². The van der Waals surface area contributed by atoms with Crippen molar-refractivity contribution < 1.29 is 0 Å². The maximum Gasteiger partial charge on any atom is 0.251 e. The van der Waals surface area contributed by atoms with Crippen molar-refractivity contribution in [1.29, 1.82) is 0 Å². The van der Waals surface area contributed by atoms with Gasteiger partial charge in [-0.1, -0.05) is 11.6 Å². The lowest BCUT2D eigenvalue weighted by molar-refractivity contribution is 0.384. The van der Waals surface area contributed by atoms with Crippen LogP contribution in [-0.2, 0) is 6.54 Å². The summed E-state index contributed by atoms with van der Waals surface area (Å²) in [6, 6.07) is 8.98. The molecule has 0 radical (unpaired) electrons. The van der Waals surface area contributed by atoms with Gasteiger partial charge in [-0.2, -0.15) is 0 Å². The first-order chi connectivity index (χ1) is 10.1. The molecule has 0 N–H and O–H groups in total. The Morgan fingerprint density at radius 3 is 2.81 bits per heavy atom. The van der Waals surface area contributed by atoms with Crippen LogP contribution in [0.25, 0.3) is 21.8 Å². The zero-order valence-corrected chi connectivity index (χ0v) is 12.8. The van der Waals surface area contributed by atoms with Crippen LogP contribution in [0.4, 0.5) is 0 Å². The van der Waals surface area contributed by atoms with Crippen molar-refractivity contribution in [3.8, 4) is 0 Å². The molecule has 2 heterocycles. The number of hydrogen-bond donors (Lipinski definition) is 0. The standard InChI is InChI=1S/C16H16ClN3O/c1-19(2)7-8-20-15(21)6-3-11-10-18-14-5-4-12(17)9-13(14)16(11)20/h3-6,9-10H,7-8H2,1-2H3. The molecule has 0 aliphatic carbocycles. The minimum absolute atomic E-state index is 0.00294. The molecule has 0 amide bonds. The third-order valence-electron chi connectivity index (χ3n) is 3.54. The van der Waals surface area contributed by atoms with Crippen LogP contribution >= 0.6 is 11.6 Å². The Morgan fingerprint density at radius 1 is 1.24 bits per heavy atom. The highest BCUT2D eigenvalue weighted by Gasteiger charge is 2.09. The summed E-state index contributed by atoms with van der Waals surface area (Å²) in [5.74, 6) is 0. The normalized spacial score (nSPS) is 11.6. The Morgan fingerprint density at radius 2 is 2.05 bits per heavy atom. The van der Waals surface area contributed by atoms with Crippen molar-refractivity contribution in [2.24, 2.45) is 0 Å². The molecule has 0 saturated heterocycles. The average molecular weight is 302 g/mol. The van der Waals surface area contributed by atoms with E-state index >= 15 is 0 Å². The summed E-state index contributed by atoms with van der Waals surface area (Å²) in [5.41, 5.74) is 1.74. The number of halogens is 1. The van der Waals surface area contributed by atoms with Gasteiger partial charge < -0.3 is 9.47 Å². The molecule has 3 rings (SSSR count). The Balaban J connectivity index is 2.35. The molecule has 0 unspecified atom stereocenters. The van der Waals surface area contributed by atoms with Gasteiger partial charge in [0.05, 0.1) is 11.0 Å². The van der Waals surface area contributed by atoms with Crippen LogP contribution in [0.5, 0.6) is 0 Å². The van der Waals surface area contributed by atoms with Crippen molar-refractivity contribution in [3.05, 3.63) is 51.9 Å². The summed E-state index contributed by atoms with van der Waals surface area (Å²) in [6.07, 6.45) is 1.80. The summed E-state index contributed by atoms with van der Waals surface area (Å²) < 4.78 is 1.80. The van der Waals surface area contributed by atoms with E-state index < -0.39 is 0 Å². The van der Waals surface area contributed by atoms with E-state index in [1.807, 2.05) is 38.4 Å². The Kier molecular flexibility index (Phi) is 3.66. The van der Waals surface area contributed by atoms with Gasteiger partial charge in [0.15, 0.2) is 0 Å². The van der Waals surface area contributed by atoms with Gasteiger partial charge in [-0.25, -0.2) is 0 Å². The van der Waals surface area contributed by atoms with Crippen molar-refractivity contribution in [1.82, 2.24) is 14.5 Å². The van der Waals surface area contributed by atoms with Gasteiger partial charge in [0.25, 0.3) is 5.56 Å². The first-order valence-corrected chi connectivity index (χ1v) is 7.16. The predicted octanol–water partition coefficient (Wildman–Crippen LogP) is 2.76. The number of fused-ring (bicyclic) bond motifs is 3. The van der Waals surface area contributed by atoms with Crippen molar-refractivity contribution in [2.75, 3.05) is 20.6 Å². The molecule has 0 spiro atoms. The number of likely N-dealkylation sites (N-methyl/N-ethyl adjacent to an activating group) is 1. The highest BCUT2D eigenvalue weighted by molar-refractivity contribution is 6.31. The maximum absolute atomic E-state index is 12.3. The van der Waals surface area contributed by atoms with E-state index in [-0.39, 0.29) is 5.56 Å². The Bertz CT molecular complexity index is 870. The molecule has 0 atom stereocenters. The van der Waals surface area contributed by atoms with Crippen molar-refractivity contribution >= 4 is 33.4 Å². The lowest BCUT2D eigenvalue weighted by Gasteiger charge is -2.15. The SMILES string of the molecule is CN(C)CCn1c(=O)ccc2cnc3ccc(Cl)cc3c21. The third-order valence-corrected chi connectivity index (χ3v) is 3.78. The van der Waals surface area contributed by atoms with Crippen LogP contribution in [0, 0.1) is 0 Å². The third kappa shape index (κ3) is 2.64. The van der Waals surface area contributed by atoms with Gasteiger partial charge in [-0.05, 0) is 38.4 Å². The second-order valence-electron chi connectivity index (χ2n) is 5.35. The quantitative estimate of drug-likeness (QED) is 0.698. The van der Waals surface area contributed by atoms with Crippen LogP contribution in [0.1, 0.15) is 0 Å². The van der Waals surface area contributed by atoms with E-state index in [0.717, 1.165) is 28.4 Å². The van der Waals surface area contributed by atoms with E-state index in [2.05, 4.69) is 9.88 Å². The van der Waals surface area contributed by atoms with Crippen molar-refractivity contribution in [3.63, 3.8) is 0 Å². The molecule has 0 saturated carbocycles. The fourth-order valence-electron chi connectivity index (χ4n) is 2.47. The minimum Gasteiger partial charge on any atom is -0.308 e. The van der Waals surface area contributed by atoms with Gasteiger partial charge in [0, 0.05) is 41.1 Å². The molecule has 5 heteroatoms. The van der Waals surface area contributed by atoms with Gasteiger partial charge >= 0.3 is 0 Å². The van der Waals surface area contributed by atoms with E-state index in [1.165, 1.54) is 0 Å². The number of hydrogen-bond acceptors (Lipinski definition) is 3. The van der Waals surface area contributed by atoms with Gasteiger partial charge in [0.1, 0.15) is 0 Å². The molecule has 1 aromatic carbocycles. The van der Waals surface area contributed by atoms with Crippen LogP contribution in [-0.4, -0.2) is 35.1 Å². The van der Waals surface area contributed by atoms with Crippen molar-refractivity contribution in [2.45, 2.75) is 6.54 Å². The molecular formula is C16H16ClN3O. The fraction of sp³-hybridized carbons (Fsp3) is 0.250. The lowest BCUT2D eigenvalue weighted by atomic mass is 10.1. The first-order valence-electron chi connectivity index (χ1n) is 6.79. The lowest BCUT2D eigenvalue weighted by Crippen LogP contribution is -2.26. The summed E-state index contributed by atoms with van der Waals surface area (Å²) >= 11 is 6.12. The number of nitrogens with zero attached hydrogens (tertiary/aromatic N) is 3. The van der Waals surface area contributed by atoms with Crippen LogP contribution in [0.3, 0.4) is 0 Å². The van der Waals surface area contributed by atoms with E-state index in [1.54, 1.807) is 16.8 Å². The number of pyridine rings is 2. The molecule has 108 valence electrons. The molecule has 3 aromatic rings. The van der Waals surface area contributed by atoms with E-state index in [0.29, 0.717) is 11.6 Å². The molecule has 0 aliphatic heterocycles. The smallest absolute Gasteiger partial charge is 0.251 e. The maximum atomic E-state index is 12.3. The highest BCUT2D eigenvalue weighted by atomic mass is 35.5. The van der Waals surface area contributed by atoms with Crippen LogP contribution < -0.4 is 5.56 Å². The molecular weight excluding hydrogens is 286 g/mol. The minimum atomic E-state index is -0.00294. The number of benzene rings is 1. The van der Waals surface area contributed by atoms with Gasteiger partial charge in [-0.15, -0.1) is 0 Å². The zero-order valence-electron chi connectivity index (χ0n) is 12.0. The van der Waals surface area contributed by atoms with Crippen LogP contribution in [0.15, 0.2) is 41.3 Å². The van der Waals surface area contributed by atoms with Crippen LogP contribution in [0.2, 0.25) is 5.02 Å². The predicted molar refractivity (Wildman–Crippen MR) is 87.1 cm³/mol. The zero-order chi connectivity index (χ0) is 15.0. The second kappa shape index (κ2) is 5.47.